The number of morpholine rings is 1. The smallest absolute Gasteiger partial charge is 0.296 e. The Balaban J connectivity index is 1.48. The molecule has 5 heterocycles. The van der Waals surface area contributed by atoms with E-state index in [1.54, 1.807) is 37.0 Å². The number of nitrogens with zero attached hydrogens (tertiary/aromatic N) is 6. The molecular formula is C30H30N6O4S2. The Labute approximate surface area is 251 Å². The number of aromatic nitrogens is 4. The number of carbonyl (C=O) groups excluding carboxylic acids is 1. The van der Waals surface area contributed by atoms with Gasteiger partial charge in [0.15, 0.2) is 4.32 Å². The molecule has 0 N–H and O–H groups in total. The van der Waals surface area contributed by atoms with Crippen molar-refractivity contribution in [3.8, 4) is 5.69 Å². The molecule has 1 amide bonds. The molecule has 216 valence electrons. The summed E-state index contributed by atoms with van der Waals surface area (Å²) >= 11 is 6.71. The van der Waals surface area contributed by atoms with Gasteiger partial charge in [0, 0.05) is 26.3 Å². The number of benzene rings is 1. The number of hydrogen-bond acceptors (Lipinski definition) is 8. The quantitative estimate of drug-likeness (QED) is 0.257. The zero-order valence-electron chi connectivity index (χ0n) is 23.9. The van der Waals surface area contributed by atoms with Crippen LogP contribution in [-0.4, -0.2) is 54.3 Å². The second-order valence-electron chi connectivity index (χ2n) is 10.6. The second-order valence-corrected chi connectivity index (χ2v) is 12.3. The first kappa shape index (κ1) is 28.1. The van der Waals surface area contributed by atoms with E-state index >= 15 is 0 Å². The normalized spacial score (nSPS) is 20.4. The van der Waals surface area contributed by atoms with Gasteiger partial charge in [-0.15, -0.1) is 0 Å². The minimum atomic E-state index is -0.459. The van der Waals surface area contributed by atoms with Gasteiger partial charge in [-0.25, -0.2) is 9.67 Å². The van der Waals surface area contributed by atoms with Crippen molar-refractivity contribution in [1.82, 2.24) is 18.7 Å². The first-order valence-electron chi connectivity index (χ1n) is 13.6. The Bertz CT molecular complexity index is 1900. The van der Waals surface area contributed by atoms with Crippen LogP contribution in [0.15, 0.2) is 63.2 Å². The number of thiocarbonyl (C=S) groups is 1. The molecule has 2 atom stereocenters. The molecule has 42 heavy (non-hydrogen) atoms. The largest absolute Gasteiger partial charge is 0.372 e. The van der Waals surface area contributed by atoms with E-state index in [9.17, 15) is 14.4 Å². The molecular weight excluding hydrogens is 573 g/mol. The zero-order valence-corrected chi connectivity index (χ0v) is 25.5. The molecule has 2 fully saturated rings. The molecule has 3 aromatic heterocycles. The highest BCUT2D eigenvalue weighted by atomic mass is 32.2. The van der Waals surface area contributed by atoms with Crippen molar-refractivity contribution in [2.75, 3.05) is 22.9 Å². The first-order chi connectivity index (χ1) is 20.1. The number of aryl methyl sites for hydroxylation is 1. The maximum atomic E-state index is 13.9. The van der Waals surface area contributed by atoms with E-state index in [1.807, 2.05) is 62.1 Å². The fourth-order valence-corrected chi connectivity index (χ4v) is 6.87. The lowest BCUT2D eigenvalue weighted by atomic mass is 10.1. The summed E-state index contributed by atoms with van der Waals surface area (Å²) in [5, 5.41) is 0. The first-order valence-corrected chi connectivity index (χ1v) is 14.8. The van der Waals surface area contributed by atoms with Gasteiger partial charge in [-0.1, -0.05) is 48.2 Å². The standard InChI is InChI=1S/C30H30N6O4S2/c1-17-10-9-13-34-25(17)31-26(33-15-18(2)40-19(3)16-33)22(27(34)37)14-23-28(38)35(30(41)42-23)24-20(4)32(5)36(29(24)39)21-11-7-6-8-12-21/h6-14,18-19H,15-16H2,1-5H3/b23-14+. The van der Waals surface area contributed by atoms with Crippen molar-refractivity contribution in [3.05, 3.63) is 91.1 Å². The summed E-state index contributed by atoms with van der Waals surface area (Å²) in [5.41, 5.74) is 2.48. The van der Waals surface area contributed by atoms with Crippen molar-refractivity contribution in [3.63, 3.8) is 0 Å². The minimum Gasteiger partial charge on any atom is -0.372 e. The lowest BCUT2D eigenvalue weighted by molar-refractivity contribution is -0.113. The molecule has 0 saturated carbocycles. The Morgan fingerprint density at radius 2 is 1.69 bits per heavy atom. The van der Waals surface area contributed by atoms with Gasteiger partial charge in [0.2, 0.25) is 0 Å². The van der Waals surface area contributed by atoms with Crippen LogP contribution < -0.4 is 20.9 Å². The Kier molecular flexibility index (Phi) is 7.16. The van der Waals surface area contributed by atoms with Crippen LogP contribution in [0.2, 0.25) is 0 Å². The molecule has 0 spiro atoms. The number of fused-ring (bicyclic) bond motifs is 1. The molecule has 2 aliphatic heterocycles. The van der Waals surface area contributed by atoms with Crippen LogP contribution in [0.5, 0.6) is 0 Å². The van der Waals surface area contributed by atoms with E-state index in [4.69, 9.17) is 21.9 Å². The summed E-state index contributed by atoms with van der Waals surface area (Å²) in [6, 6.07) is 12.9. The molecule has 4 aromatic rings. The van der Waals surface area contributed by atoms with Gasteiger partial charge in [-0.2, -0.15) is 0 Å². The van der Waals surface area contributed by atoms with Crippen LogP contribution in [-0.2, 0) is 16.6 Å². The average Bonchev–Trinajstić information content (AvgIpc) is 3.34. The van der Waals surface area contributed by atoms with Crippen LogP contribution >= 0.6 is 24.0 Å². The van der Waals surface area contributed by atoms with Crippen molar-refractivity contribution in [2.45, 2.75) is 39.9 Å². The molecule has 0 bridgehead atoms. The van der Waals surface area contributed by atoms with Crippen LogP contribution in [0, 0.1) is 13.8 Å². The van der Waals surface area contributed by atoms with Gasteiger partial charge in [-0.05, 0) is 57.5 Å². The highest BCUT2D eigenvalue weighted by Crippen LogP contribution is 2.37. The summed E-state index contributed by atoms with van der Waals surface area (Å²) < 4.78 is 10.9. The summed E-state index contributed by atoms with van der Waals surface area (Å²) in [6.07, 6.45) is 3.11. The summed E-state index contributed by atoms with van der Waals surface area (Å²) in [7, 11) is 1.76. The van der Waals surface area contributed by atoms with E-state index in [2.05, 4.69) is 0 Å². The van der Waals surface area contributed by atoms with Gasteiger partial charge in [-0.3, -0.25) is 28.4 Å². The third-order valence-corrected chi connectivity index (χ3v) is 8.90. The van der Waals surface area contributed by atoms with Gasteiger partial charge in [0.1, 0.15) is 17.2 Å². The number of amides is 1. The molecule has 12 heteroatoms. The van der Waals surface area contributed by atoms with Gasteiger partial charge in [0.05, 0.1) is 34.1 Å². The zero-order chi connectivity index (χ0) is 29.9. The Hall–Kier alpha value is -4.00. The van der Waals surface area contributed by atoms with E-state index in [-0.39, 0.29) is 43.8 Å². The van der Waals surface area contributed by atoms with Gasteiger partial charge in [0.25, 0.3) is 17.0 Å². The van der Waals surface area contributed by atoms with Crippen LogP contribution in [0.4, 0.5) is 11.5 Å². The predicted octanol–water partition coefficient (Wildman–Crippen LogP) is 3.82. The Morgan fingerprint density at radius 1 is 1.00 bits per heavy atom. The van der Waals surface area contributed by atoms with Gasteiger partial charge >= 0.3 is 0 Å². The highest BCUT2D eigenvalue weighted by Gasteiger charge is 2.38. The number of para-hydroxylation sites is 1. The van der Waals surface area contributed by atoms with Crippen LogP contribution in [0.1, 0.15) is 30.7 Å². The highest BCUT2D eigenvalue weighted by molar-refractivity contribution is 8.27. The monoisotopic (exact) mass is 602 g/mol. The summed E-state index contributed by atoms with van der Waals surface area (Å²) in [6.45, 7) is 8.74. The second kappa shape index (κ2) is 10.7. The predicted molar refractivity (Wildman–Crippen MR) is 170 cm³/mol. The van der Waals surface area contributed by atoms with E-state index < -0.39 is 5.91 Å². The fraction of sp³-hybridized carbons (Fsp3) is 0.300. The minimum absolute atomic E-state index is 0.0650. The number of thioether (sulfide) groups is 1. The lowest BCUT2D eigenvalue weighted by Crippen LogP contribution is -2.46. The number of pyridine rings is 1. The molecule has 6 rings (SSSR count). The average molecular weight is 603 g/mol. The SMILES string of the molecule is Cc1cccn2c(=O)c(/C=C3/SC(=S)N(c4c(C)n(C)n(-c5ccccc5)c4=O)C3=O)c(N3CC(C)OC(C)C3)nc12. The fourth-order valence-electron chi connectivity index (χ4n) is 5.62. The van der Waals surface area contributed by atoms with E-state index in [0.29, 0.717) is 35.9 Å². The van der Waals surface area contributed by atoms with E-state index in [0.717, 1.165) is 17.3 Å². The van der Waals surface area contributed by atoms with Crippen LogP contribution in [0.3, 0.4) is 0 Å². The van der Waals surface area contributed by atoms with Gasteiger partial charge < -0.3 is 9.64 Å². The van der Waals surface area contributed by atoms with Crippen LogP contribution in [0.25, 0.3) is 17.4 Å². The third-order valence-electron chi connectivity index (χ3n) is 7.60. The number of rotatable bonds is 4. The molecule has 1 aromatic carbocycles. The van der Waals surface area contributed by atoms with Crippen molar-refractivity contribution < 1.29 is 9.53 Å². The molecule has 2 unspecified atom stereocenters. The number of ether oxygens (including phenoxy) is 1. The van der Waals surface area contributed by atoms with Crippen molar-refractivity contribution in [1.29, 1.82) is 0 Å². The number of anilines is 2. The maximum Gasteiger partial charge on any atom is 0.296 e. The molecule has 2 aliphatic rings. The maximum absolute atomic E-state index is 13.9. The van der Waals surface area contributed by atoms with E-state index in [1.165, 1.54) is 14.0 Å². The summed E-state index contributed by atoms with van der Waals surface area (Å²) in [4.78, 5) is 50.1. The van der Waals surface area contributed by atoms with Crippen molar-refractivity contribution in [2.24, 2.45) is 7.05 Å². The third kappa shape index (κ3) is 4.59. The van der Waals surface area contributed by atoms with Crippen molar-refractivity contribution >= 4 is 57.4 Å². The molecule has 0 radical (unpaired) electrons. The Morgan fingerprint density at radius 3 is 2.38 bits per heavy atom. The number of carbonyl (C=O) groups is 1. The summed E-state index contributed by atoms with van der Waals surface area (Å²) in [5.74, 6) is 0.0308. The molecule has 10 nitrogen and oxygen atoms in total. The topological polar surface area (TPSA) is 94.1 Å². The lowest BCUT2D eigenvalue weighted by Gasteiger charge is -2.36. The molecule has 0 aliphatic carbocycles. The molecule has 2 saturated heterocycles. The number of hydrogen-bond donors (Lipinski definition) is 0.